The third kappa shape index (κ3) is 4.36. The number of hydrogen-bond donors (Lipinski definition) is 2. The molecule has 1 amide bonds. The van der Waals surface area contributed by atoms with Gasteiger partial charge in [0.2, 0.25) is 0 Å². The van der Waals surface area contributed by atoms with Crippen molar-refractivity contribution in [2.75, 3.05) is 7.11 Å². The molecule has 7 heteroatoms. The first-order valence-corrected chi connectivity index (χ1v) is 5.29. The molecule has 0 saturated carbocycles. The monoisotopic (exact) mass is 254 g/mol. The highest BCUT2D eigenvalue weighted by molar-refractivity contribution is 5.82. The number of amidine groups is 1. The van der Waals surface area contributed by atoms with Gasteiger partial charge in [0, 0.05) is 12.6 Å². The summed E-state index contributed by atoms with van der Waals surface area (Å²) in [6, 6.07) is 1.46. The Morgan fingerprint density at radius 1 is 1.56 bits per heavy atom. The van der Waals surface area contributed by atoms with Crippen molar-refractivity contribution in [3.8, 4) is 0 Å². The molecular weight excluding hydrogens is 239 g/mol. The Morgan fingerprint density at radius 3 is 2.67 bits per heavy atom. The van der Waals surface area contributed by atoms with Crippen LogP contribution >= 0.6 is 0 Å². The zero-order valence-electron chi connectivity index (χ0n) is 9.97. The van der Waals surface area contributed by atoms with Crippen LogP contribution in [0.5, 0.6) is 0 Å². The number of methoxy groups -OCH3 is 1. The maximum absolute atomic E-state index is 12.8. The summed E-state index contributed by atoms with van der Waals surface area (Å²) in [6.07, 6.45) is 3.73. The topological polar surface area (TPSA) is 104 Å². The van der Waals surface area contributed by atoms with Crippen LogP contribution in [-0.2, 0) is 4.74 Å². The highest BCUT2D eigenvalue weighted by atomic mass is 19.1. The van der Waals surface area contributed by atoms with Crippen molar-refractivity contribution in [1.82, 2.24) is 4.98 Å². The number of halogens is 1. The van der Waals surface area contributed by atoms with Gasteiger partial charge < -0.3 is 16.2 Å². The highest BCUT2D eigenvalue weighted by Gasteiger charge is 2.17. The van der Waals surface area contributed by atoms with Crippen molar-refractivity contribution in [3.63, 3.8) is 0 Å². The highest BCUT2D eigenvalue weighted by Crippen LogP contribution is 2.27. The Kier molecular flexibility index (Phi) is 5.04. The van der Waals surface area contributed by atoms with Gasteiger partial charge in [-0.1, -0.05) is 0 Å². The van der Waals surface area contributed by atoms with E-state index in [1.165, 1.54) is 19.4 Å². The van der Waals surface area contributed by atoms with Crippen LogP contribution < -0.4 is 11.5 Å². The maximum Gasteiger partial charge on any atom is 0.404 e. The number of aromatic nitrogens is 1. The molecule has 1 aromatic heterocycles. The van der Waals surface area contributed by atoms with Gasteiger partial charge in [0.15, 0.2) is 0 Å². The van der Waals surface area contributed by atoms with Crippen LogP contribution in [0.4, 0.5) is 9.18 Å². The van der Waals surface area contributed by atoms with Gasteiger partial charge in [-0.05, 0) is 18.1 Å². The number of hydrogen-bond acceptors (Lipinski definition) is 5. The fourth-order valence-corrected chi connectivity index (χ4v) is 1.47. The molecule has 2 heterocycles. The molecule has 0 saturated heterocycles. The Balaban J connectivity index is 0.000000280. The Hall–Kier alpha value is -2.18. The summed E-state index contributed by atoms with van der Waals surface area (Å²) in [5, 5.41) is 0. The molecule has 1 atom stereocenters. The standard InChI is InChI=1S/C9H10FN3.C2H5NO2/c10-7-3-6(4-12-5-7)8-1-2-9(11)13-8;1-5-2(3)4/h3-5,8H,1-2H2,(H2,11,13);1H3,(H2,3,4). The third-order valence-electron chi connectivity index (χ3n) is 2.31. The van der Waals surface area contributed by atoms with Gasteiger partial charge >= 0.3 is 6.09 Å². The summed E-state index contributed by atoms with van der Waals surface area (Å²) < 4.78 is 16.7. The number of pyridine rings is 1. The number of primary amides is 1. The SMILES string of the molecule is COC(N)=O.NC1=NC(c2cncc(F)c2)CC1. The van der Waals surface area contributed by atoms with Crippen LogP contribution in [-0.4, -0.2) is 24.0 Å². The second kappa shape index (κ2) is 6.53. The molecule has 2 rings (SSSR count). The minimum atomic E-state index is -0.745. The lowest BCUT2D eigenvalue weighted by Gasteiger charge is -2.04. The average Bonchev–Trinajstić information content (AvgIpc) is 2.77. The number of nitrogens with two attached hydrogens (primary N) is 2. The lowest BCUT2D eigenvalue weighted by molar-refractivity contribution is 0.182. The smallest absolute Gasteiger partial charge is 0.404 e. The molecular formula is C11H15FN4O2. The fraction of sp³-hybridized carbons (Fsp3) is 0.364. The molecule has 0 spiro atoms. The zero-order valence-corrected chi connectivity index (χ0v) is 9.97. The van der Waals surface area contributed by atoms with Crippen molar-refractivity contribution >= 4 is 11.9 Å². The fourth-order valence-electron chi connectivity index (χ4n) is 1.47. The van der Waals surface area contributed by atoms with Crippen LogP contribution in [0.2, 0.25) is 0 Å². The van der Waals surface area contributed by atoms with E-state index >= 15 is 0 Å². The molecule has 1 aromatic rings. The predicted octanol–water partition coefficient (Wildman–Crippen LogP) is 1.12. The molecule has 1 unspecified atom stereocenters. The van der Waals surface area contributed by atoms with Crippen molar-refractivity contribution in [2.45, 2.75) is 18.9 Å². The van der Waals surface area contributed by atoms with Gasteiger partial charge in [-0.2, -0.15) is 0 Å². The predicted molar refractivity (Wildman–Crippen MR) is 64.4 cm³/mol. The van der Waals surface area contributed by atoms with Gasteiger partial charge in [0.1, 0.15) is 5.82 Å². The lowest BCUT2D eigenvalue weighted by Crippen LogP contribution is -2.08. The van der Waals surface area contributed by atoms with Crippen molar-refractivity contribution in [1.29, 1.82) is 0 Å². The average molecular weight is 254 g/mol. The van der Waals surface area contributed by atoms with Gasteiger partial charge in [0.25, 0.3) is 0 Å². The van der Waals surface area contributed by atoms with Crippen LogP contribution in [0.3, 0.4) is 0 Å². The number of rotatable bonds is 1. The van der Waals surface area contributed by atoms with Crippen LogP contribution in [0.1, 0.15) is 24.4 Å². The molecule has 4 N–H and O–H groups in total. The number of aliphatic imine (C=N–C) groups is 1. The van der Waals surface area contributed by atoms with Gasteiger partial charge in [-0.15, -0.1) is 0 Å². The van der Waals surface area contributed by atoms with E-state index in [9.17, 15) is 9.18 Å². The Labute approximate surface area is 104 Å². The molecule has 0 aromatic carbocycles. The van der Waals surface area contributed by atoms with Gasteiger partial charge in [-0.25, -0.2) is 9.18 Å². The van der Waals surface area contributed by atoms with E-state index in [4.69, 9.17) is 5.73 Å². The molecule has 0 bridgehead atoms. The lowest BCUT2D eigenvalue weighted by atomic mass is 10.1. The summed E-state index contributed by atoms with van der Waals surface area (Å²) in [6.45, 7) is 0. The molecule has 18 heavy (non-hydrogen) atoms. The van der Waals surface area contributed by atoms with Crippen LogP contribution in [0.25, 0.3) is 0 Å². The van der Waals surface area contributed by atoms with E-state index < -0.39 is 6.09 Å². The van der Waals surface area contributed by atoms with E-state index in [0.29, 0.717) is 5.84 Å². The van der Waals surface area contributed by atoms with E-state index in [2.05, 4.69) is 20.4 Å². The Morgan fingerprint density at radius 2 is 2.22 bits per heavy atom. The number of carbonyl (C=O) groups is 1. The normalized spacial score (nSPS) is 17.4. The molecule has 1 aliphatic rings. The summed E-state index contributed by atoms with van der Waals surface area (Å²) in [5.74, 6) is 0.326. The minimum absolute atomic E-state index is 0.00296. The molecule has 0 fully saturated rings. The third-order valence-corrected chi connectivity index (χ3v) is 2.31. The van der Waals surface area contributed by atoms with E-state index in [1.54, 1.807) is 6.20 Å². The van der Waals surface area contributed by atoms with Crippen molar-refractivity contribution in [3.05, 3.63) is 29.8 Å². The number of ether oxygens (including phenoxy) is 1. The second-order valence-electron chi connectivity index (χ2n) is 3.63. The maximum atomic E-state index is 12.8. The molecule has 6 nitrogen and oxygen atoms in total. The van der Waals surface area contributed by atoms with E-state index in [0.717, 1.165) is 18.4 Å². The first kappa shape index (κ1) is 13.9. The number of carbonyl (C=O) groups excluding carboxylic acids is 1. The number of nitrogens with zero attached hydrogens (tertiary/aromatic N) is 2. The quantitative estimate of drug-likeness (QED) is 0.783. The number of amides is 1. The summed E-state index contributed by atoms with van der Waals surface area (Å²) in [7, 11) is 1.22. The zero-order chi connectivity index (χ0) is 13.5. The van der Waals surface area contributed by atoms with Crippen LogP contribution in [0.15, 0.2) is 23.5 Å². The van der Waals surface area contributed by atoms with Gasteiger partial charge in [-0.3, -0.25) is 9.98 Å². The summed E-state index contributed by atoms with van der Waals surface area (Å²) in [4.78, 5) is 17.3. The minimum Gasteiger partial charge on any atom is -0.453 e. The Bertz CT molecular complexity index is 450. The molecule has 0 aliphatic carbocycles. The largest absolute Gasteiger partial charge is 0.453 e. The summed E-state index contributed by atoms with van der Waals surface area (Å²) in [5.41, 5.74) is 10.8. The van der Waals surface area contributed by atoms with Crippen molar-refractivity contribution in [2.24, 2.45) is 16.5 Å². The molecule has 1 aliphatic heterocycles. The first-order valence-electron chi connectivity index (χ1n) is 5.29. The molecule has 0 radical (unpaired) electrons. The van der Waals surface area contributed by atoms with Crippen LogP contribution in [0, 0.1) is 5.82 Å². The molecule has 98 valence electrons. The van der Waals surface area contributed by atoms with Gasteiger partial charge in [0.05, 0.1) is 25.2 Å². The van der Waals surface area contributed by atoms with E-state index in [1.807, 2.05) is 0 Å². The van der Waals surface area contributed by atoms with Crippen molar-refractivity contribution < 1.29 is 13.9 Å². The van der Waals surface area contributed by atoms with E-state index in [-0.39, 0.29) is 11.9 Å². The second-order valence-corrected chi connectivity index (χ2v) is 3.63. The first-order chi connectivity index (χ1) is 8.52. The summed E-state index contributed by atoms with van der Waals surface area (Å²) >= 11 is 0.